The summed E-state index contributed by atoms with van der Waals surface area (Å²) in [4.78, 5) is 4.71. The molecular formula is C17H14ClN5. The SMILES string of the molecule is Cc1ccc2nc(Nc3cccc(Cl)c3C)c3nncn3c2c1. The molecule has 6 heteroatoms. The molecule has 5 nitrogen and oxygen atoms in total. The van der Waals surface area contributed by atoms with Crippen LogP contribution in [0.5, 0.6) is 0 Å². The van der Waals surface area contributed by atoms with Crippen molar-refractivity contribution in [1.29, 1.82) is 0 Å². The number of hydrogen-bond acceptors (Lipinski definition) is 4. The summed E-state index contributed by atoms with van der Waals surface area (Å²) >= 11 is 6.20. The summed E-state index contributed by atoms with van der Waals surface area (Å²) < 4.78 is 1.94. The van der Waals surface area contributed by atoms with Gasteiger partial charge in [0.25, 0.3) is 0 Å². The van der Waals surface area contributed by atoms with Gasteiger partial charge in [-0.2, -0.15) is 0 Å². The van der Waals surface area contributed by atoms with Crippen molar-refractivity contribution < 1.29 is 0 Å². The molecule has 0 aliphatic rings. The predicted octanol–water partition coefficient (Wildman–Crippen LogP) is 4.29. The van der Waals surface area contributed by atoms with E-state index in [9.17, 15) is 0 Å². The van der Waals surface area contributed by atoms with E-state index in [-0.39, 0.29) is 0 Å². The molecule has 0 saturated heterocycles. The van der Waals surface area contributed by atoms with Crippen LogP contribution in [0.1, 0.15) is 11.1 Å². The van der Waals surface area contributed by atoms with Gasteiger partial charge in [-0.1, -0.05) is 23.7 Å². The molecule has 2 aromatic heterocycles. The van der Waals surface area contributed by atoms with Gasteiger partial charge in [0.15, 0.2) is 5.82 Å². The third-order valence-corrected chi connectivity index (χ3v) is 4.31. The van der Waals surface area contributed by atoms with Gasteiger partial charge in [0.1, 0.15) is 6.33 Å². The number of hydrogen-bond donors (Lipinski definition) is 1. The van der Waals surface area contributed by atoms with Crippen LogP contribution in [0.2, 0.25) is 5.02 Å². The Morgan fingerprint density at radius 1 is 1.13 bits per heavy atom. The molecule has 23 heavy (non-hydrogen) atoms. The maximum Gasteiger partial charge on any atom is 0.204 e. The smallest absolute Gasteiger partial charge is 0.204 e. The summed E-state index contributed by atoms with van der Waals surface area (Å²) in [5, 5.41) is 12.3. The number of aryl methyl sites for hydroxylation is 1. The lowest BCUT2D eigenvalue weighted by molar-refractivity contribution is 1.11. The fourth-order valence-corrected chi connectivity index (χ4v) is 2.79. The largest absolute Gasteiger partial charge is 0.337 e. The summed E-state index contributed by atoms with van der Waals surface area (Å²) in [6.07, 6.45) is 1.70. The van der Waals surface area contributed by atoms with E-state index >= 15 is 0 Å². The summed E-state index contributed by atoms with van der Waals surface area (Å²) in [6, 6.07) is 11.9. The van der Waals surface area contributed by atoms with Crippen LogP contribution in [0.25, 0.3) is 16.7 Å². The molecule has 0 unspecified atom stereocenters. The molecule has 0 bridgehead atoms. The van der Waals surface area contributed by atoms with Crippen molar-refractivity contribution in [3.63, 3.8) is 0 Å². The van der Waals surface area contributed by atoms with Crippen molar-refractivity contribution >= 4 is 39.8 Å². The van der Waals surface area contributed by atoms with E-state index in [2.05, 4.69) is 28.5 Å². The van der Waals surface area contributed by atoms with Crippen LogP contribution in [-0.2, 0) is 0 Å². The Balaban J connectivity index is 1.94. The van der Waals surface area contributed by atoms with Gasteiger partial charge in [-0.25, -0.2) is 4.98 Å². The highest BCUT2D eigenvalue weighted by molar-refractivity contribution is 6.31. The van der Waals surface area contributed by atoms with E-state index in [0.717, 1.165) is 22.3 Å². The molecule has 1 N–H and O–H groups in total. The van der Waals surface area contributed by atoms with Crippen LogP contribution in [0.4, 0.5) is 11.5 Å². The third kappa shape index (κ3) is 2.29. The van der Waals surface area contributed by atoms with Gasteiger partial charge in [-0.05, 0) is 49.2 Å². The monoisotopic (exact) mass is 323 g/mol. The van der Waals surface area contributed by atoms with Gasteiger partial charge in [0.05, 0.1) is 11.0 Å². The normalized spacial score (nSPS) is 11.3. The van der Waals surface area contributed by atoms with Crippen molar-refractivity contribution in [2.75, 3.05) is 5.32 Å². The standard InChI is InChI=1S/C17H14ClN5/c1-10-6-7-14-15(8-10)23-9-19-22-17(23)16(21-14)20-13-5-3-4-12(18)11(13)2/h3-9H,1-2H3,(H,20,21). The Hall–Kier alpha value is -2.66. The minimum atomic E-state index is 0.657. The molecule has 0 amide bonds. The van der Waals surface area contributed by atoms with Crippen LogP contribution < -0.4 is 5.32 Å². The molecule has 0 aliphatic heterocycles. The van der Waals surface area contributed by atoms with Crippen molar-refractivity contribution in [3.8, 4) is 0 Å². The first-order chi connectivity index (χ1) is 11.1. The summed E-state index contributed by atoms with van der Waals surface area (Å²) in [7, 11) is 0. The molecule has 0 fully saturated rings. The van der Waals surface area contributed by atoms with E-state index in [1.807, 2.05) is 41.7 Å². The van der Waals surface area contributed by atoms with Gasteiger partial charge >= 0.3 is 0 Å². The van der Waals surface area contributed by atoms with Crippen molar-refractivity contribution in [2.24, 2.45) is 0 Å². The van der Waals surface area contributed by atoms with E-state index < -0.39 is 0 Å². The van der Waals surface area contributed by atoms with Gasteiger partial charge in [0.2, 0.25) is 5.65 Å². The number of aromatic nitrogens is 4. The first-order valence-electron chi connectivity index (χ1n) is 7.26. The second kappa shape index (κ2) is 5.21. The lowest BCUT2D eigenvalue weighted by Crippen LogP contribution is -2.01. The quantitative estimate of drug-likeness (QED) is 0.598. The van der Waals surface area contributed by atoms with Crippen LogP contribution >= 0.6 is 11.6 Å². The number of rotatable bonds is 2. The van der Waals surface area contributed by atoms with E-state index in [0.29, 0.717) is 16.5 Å². The first kappa shape index (κ1) is 14.0. The molecule has 0 atom stereocenters. The van der Waals surface area contributed by atoms with E-state index in [4.69, 9.17) is 16.6 Å². The van der Waals surface area contributed by atoms with E-state index in [1.165, 1.54) is 5.56 Å². The molecule has 2 aromatic carbocycles. The number of nitrogens with one attached hydrogen (secondary N) is 1. The Morgan fingerprint density at radius 3 is 2.87 bits per heavy atom. The minimum absolute atomic E-state index is 0.657. The highest BCUT2D eigenvalue weighted by Gasteiger charge is 2.12. The number of anilines is 2. The van der Waals surface area contributed by atoms with Crippen LogP contribution in [-0.4, -0.2) is 19.6 Å². The topological polar surface area (TPSA) is 55.1 Å². The maximum atomic E-state index is 6.20. The lowest BCUT2D eigenvalue weighted by atomic mass is 10.2. The zero-order chi connectivity index (χ0) is 16.0. The average Bonchev–Trinajstić information content (AvgIpc) is 3.02. The number of nitrogens with zero attached hydrogens (tertiary/aromatic N) is 4. The molecule has 4 aromatic rings. The second-order valence-electron chi connectivity index (χ2n) is 5.51. The minimum Gasteiger partial charge on any atom is -0.337 e. The van der Waals surface area contributed by atoms with Crippen LogP contribution in [0.15, 0.2) is 42.7 Å². The number of benzene rings is 2. The Morgan fingerprint density at radius 2 is 2.00 bits per heavy atom. The average molecular weight is 324 g/mol. The fraction of sp³-hybridized carbons (Fsp3) is 0.118. The predicted molar refractivity (Wildman–Crippen MR) is 92.5 cm³/mol. The Labute approximate surface area is 137 Å². The maximum absolute atomic E-state index is 6.20. The van der Waals surface area contributed by atoms with Gasteiger partial charge in [-0.3, -0.25) is 4.40 Å². The zero-order valence-corrected chi connectivity index (χ0v) is 13.5. The molecule has 2 heterocycles. The van der Waals surface area contributed by atoms with Crippen molar-refractivity contribution in [2.45, 2.75) is 13.8 Å². The molecule has 4 rings (SSSR count). The van der Waals surface area contributed by atoms with E-state index in [1.54, 1.807) is 6.33 Å². The number of halogens is 1. The molecule has 0 spiro atoms. The summed E-state index contributed by atoms with van der Waals surface area (Å²) in [5.74, 6) is 0.657. The first-order valence-corrected chi connectivity index (χ1v) is 7.63. The number of fused-ring (bicyclic) bond motifs is 3. The van der Waals surface area contributed by atoms with Gasteiger partial charge in [-0.15, -0.1) is 10.2 Å². The molecule has 0 aliphatic carbocycles. The summed E-state index contributed by atoms with van der Waals surface area (Å²) in [6.45, 7) is 4.02. The molecular weight excluding hydrogens is 310 g/mol. The lowest BCUT2D eigenvalue weighted by Gasteiger charge is -2.12. The third-order valence-electron chi connectivity index (χ3n) is 3.90. The van der Waals surface area contributed by atoms with Crippen LogP contribution in [0, 0.1) is 13.8 Å². The van der Waals surface area contributed by atoms with Crippen molar-refractivity contribution in [1.82, 2.24) is 19.6 Å². The fourth-order valence-electron chi connectivity index (χ4n) is 2.62. The second-order valence-corrected chi connectivity index (χ2v) is 5.92. The molecule has 0 saturated carbocycles. The Bertz CT molecular complexity index is 1040. The highest BCUT2D eigenvalue weighted by atomic mass is 35.5. The molecule has 114 valence electrons. The zero-order valence-electron chi connectivity index (χ0n) is 12.7. The van der Waals surface area contributed by atoms with Crippen LogP contribution in [0.3, 0.4) is 0 Å². The Kier molecular flexibility index (Phi) is 3.16. The summed E-state index contributed by atoms with van der Waals surface area (Å²) in [5.41, 5.74) is 5.59. The highest BCUT2D eigenvalue weighted by Crippen LogP contribution is 2.28. The van der Waals surface area contributed by atoms with Gasteiger partial charge < -0.3 is 5.32 Å². The van der Waals surface area contributed by atoms with Crippen molar-refractivity contribution in [3.05, 3.63) is 58.9 Å². The molecule has 0 radical (unpaired) electrons. The van der Waals surface area contributed by atoms with Gasteiger partial charge in [0, 0.05) is 10.7 Å².